The molecular weight excluding hydrogens is 726 g/mol. The number of urea groups is 1. The number of alkyl halides is 3. The molecule has 54 heavy (non-hydrogen) atoms. The van der Waals surface area contributed by atoms with Gasteiger partial charge >= 0.3 is 12.4 Å². The summed E-state index contributed by atoms with van der Waals surface area (Å²) in [6, 6.07) is 17.7. The molecule has 2 atom stereocenters. The average molecular weight is 767 g/mol. The molecule has 0 radical (unpaired) electrons. The summed E-state index contributed by atoms with van der Waals surface area (Å²) in [5.74, 6) is -0.476. The predicted molar refractivity (Wildman–Crippen MR) is 192 cm³/mol. The summed E-state index contributed by atoms with van der Waals surface area (Å²) < 4.78 is 84.0. The number of rotatable bonds is 10. The zero-order chi connectivity index (χ0) is 38.4. The second-order valence-corrected chi connectivity index (χ2v) is 16.8. The number of benzene rings is 3. The molecule has 3 fully saturated rings. The van der Waals surface area contributed by atoms with Gasteiger partial charge in [0.25, 0.3) is 15.9 Å². The molecule has 2 bridgehead atoms. The van der Waals surface area contributed by atoms with Crippen LogP contribution in [0.2, 0.25) is 0 Å². The first kappa shape index (κ1) is 37.4. The molecular formula is C39H41F3N4O7S. The van der Waals surface area contributed by atoms with Crippen LogP contribution >= 0.6 is 0 Å². The van der Waals surface area contributed by atoms with Gasteiger partial charge in [0, 0.05) is 40.4 Å². The fourth-order valence-corrected chi connectivity index (χ4v) is 8.29. The smallest absolute Gasteiger partial charge is 0.405 e. The van der Waals surface area contributed by atoms with Crippen molar-refractivity contribution >= 4 is 27.6 Å². The highest BCUT2D eigenvalue weighted by Crippen LogP contribution is 2.46. The van der Waals surface area contributed by atoms with Crippen molar-refractivity contribution in [3.63, 3.8) is 0 Å². The van der Waals surface area contributed by atoms with Gasteiger partial charge in [0.2, 0.25) is 0 Å². The number of aromatic nitrogens is 1. The number of para-hydroxylation sites is 1. The summed E-state index contributed by atoms with van der Waals surface area (Å²) in [6.45, 7) is 6.12. The monoisotopic (exact) mass is 766 g/mol. The Hall–Kier alpha value is -4.89. The summed E-state index contributed by atoms with van der Waals surface area (Å²) in [5.41, 5.74) is 2.18. The van der Waals surface area contributed by atoms with E-state index in [1.165, 1.54) is 42.5 Å². The van der Waals surface area contributed by atoms with E-state index >= 15 is 0 Å². The van der Waals surface area contributed by atoms with Gasteiger partial charge in [0.1, 0.15) is 17.2 Å². The SMILES string of the molecule is CC(C)(C)c1ccc(S(=O)(=O)NC(=O)c2cccc(NC(=O)N3C4CCC3CC(OCc3c(-c5ccccc5OC(F)(F)F)noc3C3CC3)C4)c2)cc1. The molecule has 2 unspecified atom stereocenters. The molecule has 0 spiro atoms. The first-order valence-electron chi connectivity index (χ1n) is 17.9. The van der Waals surface area contributed by atoms with Crippen molar-refractivity contribution in [1.82, 2.24) is 14.8 Å². The molecule has 2 aliphatic heterocycles. The lowest BCUT2D eigenvalue weighted by Gasteiger charge is -2.38. The van der Waals surface area contributed by atoms with E-state index in [0.29, 0.717) is 29.9 Å². The van der Waals surface area contributed by atoms with E-state index < -0.39 is 22.3 Å². The molecule has 3 aliphatic rings. The molecule has 4 aromatic rings. The number of ether oxygens (including phenoxy) is 2. The molecule has 15 heteroatoms. The minimum absolute atomic E-state index is 0.0396. The summed E-state index contributed by atoms with van der Waals surface area (Å²) in [4.78, 5) is 28.4. The van der Waals surface area contributed by atoms with E-state index in [1.807, 2.05) is 20.8 Å². The quantitative estimate of drug-likeness (QED) is 0.164. The number of carbonyl (C=O) groups is 2. The van der Waals surface area contributed by atoms with E-state index in [-0.39, 0.29) is 69.6 Å². The van der Waals surface area contributed by atoms with E-state index in [4.69, 9.17) is 9.26 Å². The molecule has 11 nitrogen and oxygen atoms in total. The Balaban J connectivity index is 0.983. The second-order valence-electron chi connectivity index (χ2n) is 15.1. The lowest BCUT2D eigenvalue weighted by molar-refractivity contribution is -0.274. The average Bonchev–Trinajstić information content (AvgIpc) is 3.81. The van der Waals surface area contributed by atoms with Crippen molar-refractivity contribution in [3.8, 4) is 17.0 Å². The Morgan fingerprint density at radius 3 is 2.26 bits per heavy atom. The maximum atomic E-state index is 13.6. The molecule has 1 saturated carbocycles. The highest BCUT2D eigenvalue weighted by Gasteiger charge is 2.44. The third-order valence-corrected chi connectivity index (χ3v) is 11.5. The molecule has 1 aliphatic carbocycles. The highest BCUT2D eigenvalue weighted by molar-refractivity contribution is 7.90. The highest BCUT2D eigenvalue weighted by atomic mass is 32.2. The molecule has 3 amide bonds. The van der Waals surface area contributed by atoms with E-state index in [1.54, 1.807) is 35.2 Å². The number of halogens is 3. The zero-order valence-corrected chi connectivity index (χ0v) is 30.8. The van der Waals surface area contributed by atoms with Gasteiger partial charge in [-0.2, -0.15) is 0 Å². The fraction of sp³-hybridized carbons (Fsp3) is 0.410. The molecule has 2 N–H and O–H groups in total. The predicted octanol–water partition coefficient (Wildman–Crippen LogP) is 8.28. The third-order valence-electron chi connectivity index (χ3n) is 10.2. The Bertz CT molecular complexity index is 2130. The number of anilines is 1. The van der Waals surface area contributed by atoms with E-state index in [2.05, 4.69) is 19.9 Å². The number of carbonyl (C=O) groups excluding carboxylic acids is 2. The Labute approximate surface area is 311 Å². The Kier molecular flexibility index (Phi) is 9.98. The number of amides is 3. The Morgan fingerprint density at radius 1 is 0.926 bits per heavy atom. The lowest BCUT2D eigenvalue weighted by atomic mass is 9.87. The van der Waals surface area contributed by atoms with Crippen LogP contribution in [0.1, 0.15) is 92.5 Å². The van der Waals surface area contributed by atoms with Crippen molar-refractivity contribution in [3.05, 3.63) is 95.2 Å². The van der Waals surface area contributed by atoms with Crippen molar-refractivity contribution in [2.45, 2.75) is 107 Å². The first-order valence-corrected chi connectivity index (χ1v) is 19.4. The fourth-order valence-electron chi connectivity index (χ4n) is 7.31. The van der Waals surface area contributed by atoms with Crippen LogP contribution in [0.25, 0.3) is 11.3 Å². The number of hydrogen-bond donors (Lipinski definition) is 2. The summed E-state index contributed by atoms with van der Waals surface area (Å²) in [7, 11) is -4.14. The van der Waals surface area contributed by atoms with Gasteiger partial charge in [-0.05, 0) is 92.0 Å². The van der Waals surface area contributed by atoms with Crippen LogP contribution in [0.5, 0.6) is 5.75 Å². The van der Waals surface area contributed by atoms with Crippen LogP contribution in [-0.2, 0) is 26.8 Å². The number of piperidine rings is 1. The number of fused-ring (bicyclic) bond motifs is 2. The second kappa shape index (κ2) is 14.4. The van der Waals surface area contributed by atoms with Crippen molar-refractivity contribution < 1.29 is 45.2 Å². The van der Waals surface area contributed by atoms with E-state index in [0.717, 1.165) is 31.2 Å². The van der Waals surface area contributed by atoms with Gasteiger partial charge in [-0.1, -0.05) is 56.3 Å². The van der Waals surface area contributed by atoms with Gasteiger partial charge < -0.3 is 24.2 Å². The largest absolute Gasteiger partial charge is 0.573 e. The number of sulfonamides is 1. The summed E-state index contributed by atoms with van der Waals surface area (Å²) in [6.07, 6.45) is -0.691. The number of nitrogens with one attached hydrogen (secondary N) is 2. The minimum atomic E-state index is -4.88. The van der Waals surface area contributed by atoms with Crippen LogP contribution in [0, 0.1) is 0 Å². The molecule has 7 rings (SSSR count). The standard InChI is InChI=1S/C39H41F3N4O7S/c1-38(2,3)25-13-17-30(18-14-25)54(49,50)45-36(47)24-7-6-8-26(19-24)43-37(48)46-27-15-16-28(46)21-29(20-27)51-22-32-34(44-53-35(32)23-11-12-23)31-9-4-5-10-33(31)52-39(40,41)42/h4-10,13-14,17-19,23,27-29H,11-12,15-16,20-22H2,1-3H3,(H,43,48)(H,45,47). The first-order chi connectivity index (χ1) is 25.6. The van der Waals surface area contributed by atoms with Gasteiger partial charge in [0.05, 0.1) is 17.6 Å². The molecule has 3 heterocycles. The van der Waals surface area contributed by atoms with Gasteiger partial charge in [-0.25, -0.2) is 17.9 Å². The maximum Gasteiger partial charge on any atom is 0.573 e. The van der Waals surface area contributed by atoms with Gasteiger partial charge in [-0.15, -0.1) is 13.2 Å². The summed E-state index contributed by atoms with van der Waals surface area (Å²) in [5, 5.41) is 7.03. The number of nitrogens with zero attached hydrogens (tertiary/aromatic N) is 2. The van der Waals surface area contributed by atoms with Crippen molar-refractivity contribution in [2.75, 3.05) is 5.32 Å². The molecule has 286 valence electrons. The Morgan fingerprint density at radius 2 is 1.61 bits per heavy atom. The van der Waals surface area contributed by atoms with Crippen molar-refractivity contribution in [1.29, 1.82) is 0 Å². The zero-order valence-electron chi connectivity index (χ0n) is 30.0. The third kappa shape index (κ3) is 8.26. The maximum absolute atomic E-state index is 13.6. The van der Waals surface area contributed by atoms with Crippen LogP contribution in [0.4, 0.5) is 23.7 Å². The topological polar surface area (TPSA) is 140 Å². The van der Waals surface area contributed by atoms with Gasteiger partial charge in [-0.3, -0.25) is 4.79 Å². The molecule has 1 aromatic heterocycles. The van der Waals surface area contributed by atoms with Crippen LogP contribution in [-0.4, -0.2) is 55.0 Å². The van der Waals surface area contributed by atoms with Crippen molar-refractivity contribution in [2.24, 2.45) is 0 Å². The minimum Gasteiger partial charge on any atom is -0.405 e. The molecule has 2 saturated heterocycles. The normalized spacial score (nSPS) is 20.1. The number of hydrogen-bond acceptors (Lipinski definition) is 8. The molecule has 3 aromatic carbocycles. The van der Waals surface area contributed by atoms with Crippen LogP contribution in [0.3, 0.4) is 0 Å². The van der Waals surface area contributed by atoms with Crippen LogP contribution < -0.4 is 14.8 Å². The summed E-state index contributed by atoms with van der Waals surface area (Å²) >= 11 is 0. The van der Waals surface area contributed by atoms with E-state index in [9.17, 15) is 31.2 Å². The van der Waals surface area contributed by atoms with Crippen LogP contribution in [0.15, 0.2) is 82.2 Å². The lowest BCUT2D eigenvalue weighted by Crippen LogP contribution is -2.50. The van der Waals surface area contributed by atoms with Gasteiger partial charge in [0.15, 0.2) is 0 Å².